The number of hydrogen-bond donors (Lipinski definition) is 0. The molecule has 0 bridgehead atoms. The van der Waals surface area contributed by atoms with E-state index in [1.54, 1.807) is 23.1 Å². The summed E-state index contributed by atoms with van der Waals surface area (Å²) in [5.41, 5.74) is 1.92. The quantitative estimate of drug-likeness (QED) is 0.430. The van der Waals surface area contributed by atoms with Gasteiger partial charge in [0.1, 0.15) is 11.5 Å². The van der Waals surface area contributed by atoms with E-state index in [4.69, 9.17) is 9.47 Å². The highest BCUT2D eigenvalue weighted by Gasteiger charge is 2.22. The third-order valence-electron chi connectivity index (χ3n) is 4.22. The highest BCUT2D eigenvalue weighted by Crippen LogP contribution is 2.25. The second-order valence-electron chi connectivity index (χ2n) is 6.39. The number of anilines is 1. The fourth-order valence-electron chi connectivity index (χ4n) is 2.93. The summed E-state index contributed by atoms with van der Waals surface area (Å²) < 4.78 is 11.0. The summed E-state index contributed by atoms with van der Waals surface area (Å²) in [7, 11) is 0. The van der Waals surface area contributed by atoms with Gasteiger partial charge in [-0.25, -0.2) is 0 Å². The molecule has 0 radical (unpaired) electrons. The molecule has 136 valence electrons. The van der Waals surface area contributed by atoms with Gasteiger partial charge in [0.25, 0.3) is 0 Å². The average Bonchev–Trinajstić information content (AvgIpc) is 3.05. The van der Waals surface area contributed by atoms with Gasteiger partial charge < -0.3 is 14.4 Å². The van der Waals surface area contributed by atoms with Crippen molar-refractivity contribution in [2.24, 2.45) is 0 Å². The zero-order chi connectivity index (χ0) is 18.4. The average molecular weight is 353 g/mol. The molecule has 26 heavy (non-hydrogen) atoms. The number of hydrogen-bond acceptors (Lipinski definition) is 4. The van der Waals surface area contributed by atoms with Crippen LogP contribution in [-0.2, 0) is 9.59 Å². The van der Waals surface area contributed by atoms with Crippen molar-refractivity contribution in [2.45, 2.75) is 32.6 Å². The molecule has 2 aromatic rings. The normalized spacial score (nSPS) is 13.7. The highest BCUT2D eigenvalue weighted by atomic mass is 16.5. The predicted octanol–water partition coefficient (Wildman–Crippen LogP) is 3.89. The lowest BCUT2D eigenvalue weighted by Gasteiger charge is -2.16. The first-order chi connectivity index (χ1) is 12.6. The van der Waals surface area contributed by atoms with Crippen molar-refractivity contribution in [3.8, 4) is 11.5 Å². The first-order valence-corrected chi connectivity index (χ1v) is 8.92. The maximum atomic E-state index is 12.0. The molecule has 1 aliphatic heterocycles. The van der Waals surface area contributed by atoms with Crippen molar-refractivity contribution in [1.29, 1.82) is 0 Å². The Kier molecular flexibility index (Phi) is 5.89. The summed E-state index contributed by atoms with van der Waals surface area (Å²) in [6, 6.07) is 14.9. The van der Waals surface area contributed by atoms with Gasteiger partial charge in [0, 0.05) is 31.1 Å². The van der Waals surface area contributed by atoms with Crippen LogP contribution in [0.3, 0.4) is 0 Å². The lowest BCUT2D eigenvalue weighted by atomic mass is 10.2. The summed E-state index contributed by atoms with van der Waals surface area (Å²) in [4.78, 5) is 25.6. The van der Waals surface area contributed by atoms with Gasteiger partial charge in [0.05, 0.1) is 6.61 Å². The van der Waals surface area contributed by atoms with Crippen LogP contribution >= 0.6 is 0 Å². The molecule has 1 saturated heterocycles. The van der Waals surface area contributed by atoms with Crippen molar-refractivity contribution in [2.75, 3.05) is 18.1 Å². The molecule has 2 aromatic carbocycles. The third-order valence-corrected chi connectivity index (χ3v) is 4.22. The topological polar surface area (TPSA) is 55.8 Å². The van der Waals surface area contributed by atoms with Crippen LogP contribution in [0.1, 0.15) is 31.2 Å². The largest absolute Gasteiger partial charge is 0.494 e. The molecular weight excluding hydrogens is 330 g/mol. The van der Waals surface area contributed by atoms with Crippen molar-refractivity contribution in [3.63, 3.8) is 0 Å². The Bertz CT molecular complexity index is 787. The van der Waals surface area contributed by atoms with Gasteiger partial charge in [-0.1, -0.05) is 18.2 Å². The van der Waals surface area contributed by atoms with E-state index in [1.165, 1.54) is 0 Å². The zero-order valence-electron chi connectivity index (χ0n) is 14.9. The van der Waals surface area contributed by atoms with Gasteiger partial charge in [-0.2, -0.15) is 0 Å². The standard InChI is InChI=1S/C21H23NO4/c1-16-6-2-8-18(14-16)25-13-5-11-21(24)26-19-9-3-7-17(15-19)22-12-4-10-20(22)23/h2-3,6-9,14-15H,4-5,10-13H2,1H3. The minimum absolute atomic E-state index is 0.113. The highest BCUT2D eigenvalue weighted by molar-refractivity contribution is 5.95. The van der Waals surface area contributed by atoms with E-state index in [1.807, 2.05) is 37.3 Å². The van der Waals surface area contributed by atoms with Crippen molar-refractivity contribution in [3.05, 3.63) is 54.1 Å². The lowest BCUT2D eigenvalue weighted by Crippen LogP contribution is -2.23. The molecule has 0 aromatic heterocycles. The lowest BCUT2D eigenvalue weighted by molar-refractivity contribution is -0.134. The molecule has 3 rings (SSSR count). The predicted molar refractivity (Wildman–Crippen MR) is 99.6 cm³/mol. The Morgan fingerprint density at radius 2 is 1.92 bits per heavy atom. The molecule has 1 amide bonds. The fraction of sp³-hybridized carbons (Fsp3) is 0.333. The number of aryl methyl sites for hydroxylation is 1. The Hall–Kier alpha value is -2.82. The minimum atomic E-state index is -0.303. The summed E-state index contributed by atoms with van der Waals surface area (Å²) in [5.74, 6) is 1.08. The molecular formula is C21H23NO4. The third kappa shape index (κ3) is 4.85. The van der Waals surface area contributed by atoms with Gasteiger partial charge in [0.2, 0.25) is 5.91 Å². The summed E-state index contributed by atoms with van der Waals surface area (Å²) >= 11 is 0. The van der Waals surface area contributed by atoms with Crippen molar-refractivity contribution >= 4 is 17.6 Å². The van der Waals surface area contributed by atoms with Gasteiger partial charge in [-0.3, -0.25) is 9.59 Å². The Morgan fingerprint density at radius 1 is 1.12 bits per heavy atom. The van der Waals surface area contributed by atoms with Crippen LogP contribution < -0.4 is 14.4 Å². The van der Waals surface area contributed by atoms with E-state index in [0.717, 1.165) is 23.4 Å². The SMILES string of the molecule is Cc1cccc(OCCCC(=O)Oc2cccc(N3CCCC3=O)c2)c1. The monoisotopic (exact) mass is 353 g/mol. The number of esters is 1. The van der Waals surface area contributed by atoms with E-state index in [-0.39, 0.29) is 18.3 Å². The van der Waals surface area contributed by atoms with Crippen LogP contribution in [0.15, 0.2) is 48.5 Å². The summed E-state index contributed by atoms with van der Waals surface area (Å²) in [6.45, 7) is 3.18. The van der Waals surface area contributed by atoms with Gasteiger partial charge in [0.15, 0.2) is 0 Å². The van der Waals surface area contributed by atoms with Crippen LogP contribution in [0.4, 0.5) is 5.69 Å². The molecule has 0 unspecified atom stereocenters. The molecule has 5 nitrogen and oxygen atoms in total. The first kappa shape index (κ1) is 18.0. The van der Waals surface area contributed by atoms with Gasteiger partial charge in [-0.05, 0) is 49.6 Å². The number of carbonyl (C=O) groups is 2. The van der Waals surface area contributed by atoms with E-state index in [0.29, 0.717) is 31.7 Å². The number of nitrogens with zero attached hydrogens (tertiary/aromatic N) is 1. The molecule has 1 aliphatic rings. The van der Waals surface area contributed by atoms with E-state index in [2.05, 4.69) is 0 Å². The minimum Gasteiger partial charge on any atom is -0.494 e. The van der Waals surface area contributed by atoms with Gasteiger partial charge in [-0.15, -0.1) is 0 Å². The fourth-order valence-corrected chi connectivity index (χ4v) is 2.93. The van der Waals surface area contributed by atoms with Crippen LogP contribution in [-0.4, -0.2) is 25.0 Å². The number of amides is 1. The molecule has 0 spiro atoms. The first-order valence-electron chi connectivity index (χ1n) is 8.92. The zero-order valence-corrected chi connectivity index (χ0v) is 14.9. The molecule has 0 N–H and O–H groups in total. The van der Waals surface area contributed by atoms with Crippen molar-refractivity contribution < 1.29 is 19.1 Å². The number of carbonyl (C=O) groups excluding carboxylic acids is 2. The number of benzene rings is 2. The van der Waals surface area contributed by atoms with Gasteiger partial charge >= 0.3 is 5.97 Å². The Labute approximate surface area is 153 Å². The molecule has 1 fully saturated rings. The molecule has 5 heteroatoms. The van der Waals surface area contributed by atoms with Crippen molar-refractivity contribution in [1.82, 2.24) is 0 Å². The van der Waals surface area contributed by atoms with Crippen LogP contribution in [0.2, 0.25) is 0 Å². The van der Waals surface area contributed by atoms with Crippen LogP contribution in [0.25, 0.3) is 0 Å². The van der Waals surface area contributed by atoms with Crippen LogP contribution in [0, 0.1) is 6.92 Å². The Morgan fingerprint density at radius 3 is 2.69 bits per heavy atom. The molecule has 1 heterocycles. The summed E-state index contributed by atoms with van der Waals surface area (Å²) in [6.07, 6.45) is 2.30. The molecule has 0 atom stereocenters. The molecule has 0 saturated carbocycles. The maximum absolute atomic E-state index is 12.0. The second kappa shape index (κ2) is 8.52. The van der Waals surface area contributed by atoms with E-state index >= 15 is 0 Å². The smallest absolute Gasteiger partial charge is 0.311 e. The Balaban J connectivity index is 1.45. The number of ether oxygens (including phenoxy) is 2. The van der Waals surface area contributed by atoms with E-state index in [9.17, 15) is 9.59 Å². The summed E-state index contributed by atoms with van der Waals surface area (Å²) in [5, 5.41) is 0. The van der Waals surface area contributed by atoms with E-state index < -0.39 is 0 Å². The number of rotatable bonds is 7. The van der Waals surface area contributed by atoms with Crippen LogP contribution in [0.5, 0.6) is 11.5 Å². The molecule has 0 aliphatic carbocycles. The second-order valence-corrected chi connectivity index (χ2v) is 6.39. The maximum Gasteiger partial charge on any atom is 0.311 e.